The number of hydrogen-bond acceptors (Lipinski definition) is 2. The van der Waals surface area contributed by atoms with Gasteiger partial charge in [-0.25, -0.2) is 0 Å². The largest absolute Gasteiger partial charge is 0.308 e. The van der Waals surface area contributed by atoms with E-state index in [0.717, 1.165) is 12.1 Å². The molecule has 0 saturated carbocycles. The van der Waals surface area contributed by atoms with Gasteiger partial charge in [0.25, 0.3) is 0 Å². The molecule has 1 rings (SSSR count). The lowest BCUT2D eigenvalue weighted by molar-refractivity contribution is -0.123. The molecule has 0 aliphatic heterocycles. The summed E-state index contributed by atoms with van der Waals surface area (Å²) < 4.78 is 0. The predicted octanol–water partition coefficient (Wildman–Crippen LogP) is 3.21. The van der Waals surface area contributed by atoms with Crippen LogP contribution in [0.15, 0.2) is 24.3 Å². The highest BCUT2D eigenvalue weighted by molar-refractivity contribution is 6.30. The minimum Gasteiger partial charge on any atom is -0.308 e. The second-order valence-corrected chi connectivity index (χ2v) is 5.36. The molecule has 0 heterocycles. The van der Waals surface area contributed by atoms with Gasteiger partial charge in [-0.2, -0.15) is 0 Å². The Labute approximate surface area is 109 Å². The molecule has 1 atom stereocenters. The number of carbonyl (C=O) groups excluding carboxylic acids is 1. The summed E-state index contributed by atoms with van der Waals surface area (Å²) >= 11 is 5.87. The predicted molar refractivity (Wildman–Crippen MR) is 72.6 cm³/mol. The van der Waals surface area contributed by atoms with Crippen LogP contribution in [0, 0.1) is 5.92 Å². The Balaban J connectivity index is 2.97. The summed E-state index contributed by atoms with van der Waals surface area (Å²) in [5, 5.41) is 0.703. The van der Waals surface area contributed by atoms with Crippen LogP contribution >= 0.6 is 11.6 Å². The van der Waals surface area contributed by atoms with Gasteiger partial charge in [0.05, 0.1) is 5.92 Å². The van der Waals surface area contributed by atoms with Crippen molar-refractivity contribution >= 4 is 17.4 Å². The topological polar surface area (TPSA) is 20.3 Å². The first-order valence-electron chi connectivity index (χ1n) is 5.85. The van der Waals surface area contributed by atoms with Gasteiger partial charge in [0.15, 0.2) is 0 Å². The van der Waals surface area contributed by atoms with Crippen LogP contribution in [0.4, 0.5) is 0 Å². The van der Waals surface area contributed by atoms with Crippen molar-refractivity contribution in [2.24, 2.45) is 5.92 Å². The average Bonchev–Trinajstić information content (AvgIpc) is 2.26. The summed E-state index contributed by atoms with van der Waals surface area (Å²) in [7, 11) is 3.97. The number of carbonyl (C=O) groups is 1. The lowest BCUT2D eigenvalue weighted by atomic mass is 9.88. The molecule has 17 heavy (non-hydrogen) atoms. The summed E-state index contributed by atoms with van der Waals surface area (Å²) in [5.74, 6) is 0.263. The molecule has 0 aromatic heterocycles. The molecule has 3 heteroatoms. The summed E-state index contributed by atoms with van der Waals surface area (Å²) in [6, 6.07) is 7.56. The molecule has 0 spiro atoms. The maximum atomic E-state index is 12.2. The van der Waals surface area contributed by atoms with Crippen LogP contribution in [0.25, 0.3) is 0 Å². The van der Waals surface area contributed by atoms with E-state index < -0.39 is 0 Å². The maximum Gasteiger partial charge on any atom is 0.144 e. The van der Waals surface area contributed by atoms with Crippen LogP contribution in [0.5, 0.6) is 0 Å². The van der Waals surface area contributed by atoms with Gasteiger partial charge in [0, 0.05) is 17.5 Å². The van der Waals surface area contributed by atoms with Crippen LogP contribution in [0.1, 0.15) is 25.3 Å². The van der Waals surface area contributed by atoms with E-state index in [1.54, 1.807) is 0 Å². The van der Waals surface area contributed by atoms with Gasteiger partial charge in [-0.15, -0.1) is 0 Å². The summed E-state index contributed by atoms with van der Waals surface area (Å²) in [6.45, 7) is 4.63. The van der Waals surface area contributed by atoms with E-state index in [4.69, 9.17) is 11.6 Å². The second-order valence-electron chi connectivity index (χ2n) is 4.92. The molecule has 0 aliphatic carbocycles. The minimum absolute atomic E-state index is 0.0515. The van der Waals surface area contributed by atoms with Crippen molar-refractivity contribution in [2.75, 3.05) is 20.6 Å². The van der Waals surface area contributed by atoms with Gasteiger partial charge in [0.1, 0.15) is 5.78 Å². The van der Waals surface area contributed by atoms with E-state index in [0.29, 0.717) is 5.02 Å². The number of benzene rings is 1. The smallest absolute Gasteiger partial charge is 0.144 e. The highest BCUT2D eigenvalue weighted by Crippen LogP contribution is 2.23. The van der Waals surface area contributed by atoms with Gasteiger partial charge in [-0.1, -0.05) is 37.6 Å². The fourth-order valence-corrected chi connectivity index (χ4v) is 1.95. The van der Waals surface area contributed by atoms with E-state index in [1.165, 1.54) is 0 Å². The lowest BCUT2D eigenvalue weighted by Crippen LogP contribution is -2.28. The Morgan fingerprint density at radius 1 is 1.24 bits per heavy atom. The van der Waals surface area contributed by atoms with Crippen molar-refractivity contribution in [3.05, 3.63) is 34.9 Å². The summed E-state index contributed by atoms with van der Waals surface area (Å²) in [6.07, 6.45) is 0. The molecule has 1 aromatic rings. The molecule has 94 valence electrons. The van der Waals surface area contributed by atoms with Gasteiger partial charge in [-0.3, -0.25) is 4.79 Å². The molecule has 0 aliphatic rings. The molecule has 0 saturated heterocycles. The van der Waals surface area contributed by atoms with E-state index in [9.17, 15) is 4.79 Å². The average molecular weight is 254 g/mol. The van der Waals surface area contributed by atoms with Gasteiger partial charge < -0.3 is 4.90 Å². The van der Waals surface area contributed by atoms with E-state index in [1.807, 2.05) is 57.1 Å². The third-order valence-electron chi connectivity index (χ3n) is 2.73. The Morgan fingerprint density at radius 2 is 1.76 bits per heavy atom. The SMILES string of the molecule is CC(C)C(=O)C(CN(C)C)c1ccc(Cl)cc1. The third-order valence-corrected chi connectivity index (χ3v) is 2.98. The normalized spacial score (nSPS) is 13.1. The number of nitrogens with zero attached hydrogens (tertiary/aromatic N) is 1. The third kappa shape index (κ3) is 4.14. The van der Waals surface area contributed by atoms with Crippen molar-refractivity contribution < 1.29 is 4.79 Å². The zero-order valence-corrected chi connectivity index (χ0v) is 11.7. The van der Waals surface area contributed by atoms with Crippen LogP contribution in [0.2, 0.25) is 5.02 Å². The van der Waals surface area contributed by atoms with Crippen molar-refractivity contribution in [3.63, 3.8) is 0 Å². The van der Waals surface area contributed by atoms with Gasteiger partial charge in [-0.05, 0) is 31.8 Å². The van der Waals surface area contributed by atoms with Crippen LogP contribution in [-0.2, 0) is 4.79 Å². The van der Waals surface area contributed by atoms with Crippen molar-refractivity contribution in [1.82, 2.24) is 4.90 Å². The Hall–Kier alpha value is -0.860. The molecule has 0 N–H and O–H groups in total. The summed E-state index contributed by atoms with van der Waals surface area (Å²) in [5.41, 5.74) is 1.04. The fourth-order valence-electron chi connectivity index (χ4n) is 1.82. The van der Waals surface area contributed by atoms with Crippen LogP contribution in [0.3, 0.4) is 0 Å². The summed E-state index contributed by atoms with van der Waals surface area (Å²) in [4.78, 5) is 14.2. The first kappa shape index (κ1) is 14.2. The monoisotopic (exact) mass is 253 g/mol. The molecule has 1 unspecified atom stereocenters. The first-order valence-corrected chi connectivity index (χ1v) is 6.23. The Kier molecular flexibility index (Phi) is 5.16. The molecule has 1 aromatic carbocycles. The molecule has 0 fully saturated rings. The zero-order chi connectivity index (χ0) is 13.0. The van der Waals surface area contributed by atoms with Crippen molar-refractivity contribution in [3.8, 4) is 0 Å². The van der Waals surface area contributed by atoms with Gasteiger partial charge in [0.2, 0.25) is 0 Å². The standard InChI is InChI=1S/C14H20ClNO/c1-10(2)14(17)13(9-16(3)4)11-5-7-12(15)8-6-11/h5-8,10,13H,9H2,1-4H3. The number of hydrogen-bond donors (Lipinski definition) is 0. The number of likely N-dealkylation sites (N-methyl/N-ethyl adjacent to an activating group) is 1. The number of rotatable bonds is 5. The highest BCUT2D eigenvalue weighted by Gasteiger charge is 2.23. The Bertz CT molecular complexity index is 370. The fraction of sp³-hybridized carbons (Fsp3) is 0.500. The highest BCUT2D eigenvalue weighted by atomic mass is 35.5. The van der Waals surface area contributed by atoms with Gasteiger partial charge >= 0.3 is 0 Å². The van der Waals surface area contributed by atoms with Crippen LogP contribution < -0.4 is 0 Å². The molecule has 0 bridgehead atoms. The van der Waals surface area contributed by atoms with Crippen molar-refractivity contribution in [2.45, 2.75) is 19.8 Å². The number of halogens is 1. The zero-order valence-electron chi connectivity index (χ0n) is 10.9. The Morgan fingerprint density at radius 3 is 2.18 bits per heavy atom. The molecular weight excluding hydrogens is 234 g/mol. The maximum absolute atomic E-state index is 12.2. The quantitative estimate of drug-likeness (QED) is 0.803. The van der Waals surface area contributed by atoms with E-state index in [2.05, 4.69) is 0 Å². The number of ketones is 1. The molecule has 2 nitrogen and oxygen atoms in total. The number of Topliss-reactive ketones (excluding diaryl/α,β-unsaturated/α-hetero) is 1. The molecule has 0 radical (unpaired) electrons. The van der Waals surface area contributed by atoms with E-state index in [-0.39, 0.29) is 17.6 Å². The van der Waals surface area contributed by atoms with Crippen molar-refractivity contribution in [1.29, 1.82) is 0 Å². The minimum atomic E-state index is -0.0673. The first-order chi connectivity index (χ1) is 7.91. The lowest BCUT2D eigenvalue weighted by Gasteiger charge is -2.22. The van der Waals surface area contributed by atoms with E-state index >= 15 is 0 Å². The molecule has 0 amide bonds. The molecular formula is C14H20ClNO. The second kappa shape index (κ2) is 6.18. The van der Waals surface area contributed by atoms with Crippen LogP contribution in [-0.4, -0.2) is 31.3 Å².